The van der Waals surface area contributed by atoms with E-state index in [-0.39, 0.29) is 40.8 Å². The number of nitrogens with one attached hydrogen (secondary N) is 2. The fraction of sp³-hybridized carbons (Fsp3) is 0.559. The van der Waals surface area contributed by atoms with Crippen LogP contribution in [0.3, 0.4) is 0 Å². The van der Waals surface area contributed by atoms with Gasteiger partial charge in [-0.1, -0.05) is 57.0 Å². The summed E-state index contributed by atoms with van der Waals surface area (Å²) >= 11 is 0. The highest BCUT2D eigenvalue weighted by Crippen LogP contribution is 2.66. The summed E-state index contributed by atoms with van der Waals surface area (Å²) in [6.07, 6.45) is 12.1. The van der Waals surface area contributed by atoms with Crippen LogP contribution in [0.15, 0.2) is 72.3 Å². The molecule has 14 heteroatoms. The van der Waals surface area contributed by atoms with Crippen molar-refractivity contribution in [1.82, 2.24) is 10.6 Å². The number of rotatable bonds is 21. The SMILES string of the molecule is CCCC[n+]1c2ccccc2c(C(=O)Oc2c(C)cc(C(=O)NCCC[N+](C)(CCCNC(=O)CC[C@H]3CC4=CC(=O)CC[C@]4(C)C4CC[C@]5(C)C(=O)CCC5C43)CCCS(=O)(=O)[O-])cc2C)c2ccccc21. The van der Waals surface area contributed by atoms with Crippen LogP contribution in [0.2, 0.25) is 0 Å². The van der Waals surface area contributed by atoms with Crippen molar-refractivity contribution in [3.63, 3.8) is 0 Å². The number of fused-ring (bicyclic) bond motifs is 7. The number of aromatic nitrogens is 1. The van der Waals surface area contributed by atoms with E-state index < -0.39 is 21.8 Å². The molecule has 1 aromatic heterocycles. The second-order valence-electron chi connectivity index (χ2n) is 22.7. The third-order valence-corrected chi connectivity index (χ3v) is 18.6. The highest BCUT2D eigenvalue weighted by atomic mass is 32.2. The Kier molecular flexibility index (Phi) is 16.5. The number of hydrogen-bond acceptors (Lipinski definition) is 9. The molecule has 2 amide bonds. The number of nitrogens with zero attached hydrogens (tertiary/aromatic N) is 2. The average molecular weight is 1020 g/mol. The van der Waals surface area contributed by atoms with Crippen LogP contribution in [0.4, 0.5) is 0 Å². The van der Waals surface area contributed by atoms with E-state index >= 15 is 0 Å². The van der Waals surface area contributed by atoms with Crippen LogP contribution in [0.25, 0.3) is 21.8 Å². The molecule has 0 bridgehead atoms. The Hall–Kier alpha value is -5.31. The Labute approximate surface area is 432 Å². The lowest BCUT2D eigenvalue weighted by Crippen LogP contribution is -2.53. The van der Waals surface area contributed by atoms with E-state index in [0.717, 1.165) is 73.3 Å². The minimum Gasteiger partial charge on any atom is -0.748 e. The number of hydrogen-bond donors (Lipinski definition) is 2. The lowest BCUT2D eigenvalue weighted by molar-refractivity contribution is -0.909. The Morgan fingerprint density at radius 2 is 1.44 bits per heavy atom. The third-order valence-electron chi connectivity index (χ3n) is 17.8. The highest BCUT2D eigenvalue weighted by Gasteiger charge is 2.61. The second kappa shape index (κ2) is 22.3. The van der Waals surface area contributed by atoms with Gasteiger partial charge in [-0.25, -0.2) is 13.2 Å². The van der Waals surface area contributed by atoms with Crippen molar-refractivity contribution < 1.29 is 50.7 Å². The number of benzene rings is 3. The van der Waals surface area contributed by atoms with E-state index in [1.165, 1.54) is 5.57 Å². The quantitative estimate of drug-likeness (QED) is 0.0157. The highest BCUT2D eigenvalue weighted by molar-refractivity contribution is 7.85. The van der Waals surface area contributed by atoms with Crippen LogP contribution in [-0.4, -0.2) is 92.3 Å². The summed E-state index contributed by atoms with van der Waals surface area (Å²) < 4.78 is 43.6. The van der Waals surface area contributed by atoms with Crippen molar-refractivity contribution in [2.75, 3.05) is 45.5 Å². The van der Waals surface area contributed by atoms with E-state index in [1.807, 2.05) is 75.5 Å². The number of unbranched alkanes of at least 4 members (excludes halogenated alkanes) is 1. The van der Waals surface area contributed by atoms with E-state index in [1.54, 1.807) is 12.1 Å². The number of carbonyl (C=O) groups is 5. The maximum Gasteiger partial charge on any atom is 0.345 e. The first-order valence-corrected chi connectivity index (χ1v) is 28.6. The lowest BCUT2D eigenvalue weighted by Gasteiger charge is -2.59. The molecule has 2 N–H and O–H groups in total. The molecule has 3 fully saturated rings. The molecule has 392 valence electrons. The fourth-order valence-corrected chi connectivity index (χ4v) is 14.3. The number of amides is 2. The molecule has 4 aliphatic rings. The Balaban J connectivity index is 0.850. The third kappa shape index (κ3) is 11.7. The standard InChI is InChI=1S/C59H76N4O9S/c1-7-8-30-62-49-18-11-9-16-45(49)54(46-17-10-12-19-50(46)62)57(68)72-55-39(2)35-42(36-40(55)3)56(67)61-29-14-32-63(6,33-15-34-73(69,70)71)31-13-28-60-52(66)23-20-41-37-43-38-44(64)24-26-58(43,4)48-25-27-59(5)47(53(41)48)21-22-51(59)65/h9-12,16-19,35-36,38,41,47-48,53H,7-8,13-15,20-34,37H2,1-6H3,(H-2,60,61,66,67,69,70,71)/p+1/t41-,47?,48?,53?,58-,59-,63?/m0/s1. The van der Waals surface area contributed by atoms with Crippen LogP contribution in [-0.2, 0) is 31.0 Å². The number of ether oxygens (including phenoxy) is 1. The smallest absolute Gasteiger partial charge is 0.345 e. The molecule has 73 heavy (non-hydrogen) atoms. The number of carbonyl (C=O) groups excluding carboxylic acids is 5. The summed E-state index contributed by atoms with van der Waals surface area (Å²) in [4.78, 5) is 67.1. The molecule has 8 rings (SSSR count). The summed E-state index contributed by atoms with van der Waals surface area (Å²) in [5.41, 5.74) is 5.06. The minimum atomic E-state index is -4.39. The van der Waals surface area contributed by atoms with Gasteiger partial charge in [0.2, 0.25) is 16.9 Å². The Bertz CT molecular complexity index is 2850. The molecule has 0 spiro atoms. The van der Waals surface area contributed by atoms with E-state index in [9.17, 15) is 36.9 Å². The van der Waals surface area contributed by atoms with Gasteiger partial charge in [0.25, 0.3) is 5.91 Å². The van der Waals surface area contributed by atoms with Crippen molar-refractivity contribution in [1.29, 1.82) is 0 Å². The van der Waals surface area contributed by atoms with Crippen molar-refractivity contribution in [2.24, 2.45) is 34.5 Å². The van der Waals surface area contributed by atoms with Crippen LogP contribution in [0.5, 0.6) is 5.75 Å². The molecule has 0 radical (unpaired) electrons. The molecule has 3 aromatic carbocycles. The molecule has 13 nitrogen and oxygen atoms in total. The molecule has 0 aliphatic heterocycles. The summed E-state index contributed by atoms with van der Waals surface area (Å²) in [6.45, 7) is 13.6. The zero-order valence-corrected chi connectivity index (χ0v) is 44.8. The largest absolute Gasteiger partial charge is 0.748 e. The number of aryl methyl sites for hydroxylation is 3. The van der Waals surface area contributed by atoms with Crippen molar-refractivity contribution >= 4 is 61.3 Å². The van der Waals surface area contributed by atoms with Gasteiger partial charge in [-0.2, -0.15) is 4.57 Å². The average Bonchev–Trinajstić information content (AvgIpc) is 3.66. The number of esters is 1. The van der Waals surface area contributed by atoms with Gasteiger partial charge in [0.05, 0.1) is 53.1 Å². The first kappa shape index (κ1) is 54.0. The summed E-state index contributed by atoms with van der Waals surface area (Å²) in [6, 6.07) is 19.3. The van der Waals surface area contributed by atoms with Crippen molar-refractivity contribution in [3.8, 4) is 5.75 Å². The number of Topliss-reactive ketones (excluding diaryl/α,β-unsaturated/α-hetero) is 1. The van der Waals surface area contributed by atoms with Crippen LogP contribution in [0, 0.1) is 48.3 Å². The molecular formula is C59H77N4O9S+. The van der Waals surface area contributed by atoms with Crippen LogP contribution >= 0.6 is 0 Å². The van der Waals surface area contributed by atoms with E-state index in [2.05, 4.69) is 36.0 Å². The summed E-state index contributed by atoms with van der Waals surface area (Å²) in [5, 5.41) is 7.78. The van der Waals surface area contributed by atoms with E-state index in [0.29, 0.717) is 127 Å². The van der Waals surface area contributed by atoms with Gasteiger partial charge in [0, 0.05) is 86.9 Å². The maximum atomic E-state index is 14.2. The predicted molar refractivity (Wildman–Crippen MR) is 282 cm³/mol. The Morgan fingerprint density at radius 3 is 2.08 bits per heavy atom. The first-order chi connectivity index (χ1) is 34.7. The van der Waals surface area contributed by atoms with Gasteiger partial charge in [-0.3, -0.25) is 19.2 Å². The summed E-state index contributed by atoms with van der Waals surface area (Å²) in [5.74, 6) is 1.06. The maximum absolute atomic E-state index is 14.2. The zero-order valence-electron chi connectivity index (χ0n) is 44.0. The zero-order chi connectivity index (χ0) is 52.3. The lowest BCUT2D eigenvalue weighted by atomic mass is 9.44. The fourth-order valence-electron chi connectivity index (χ4n) is 13.9. The first-order valence-electron chi connectivity index (χ1n) is 27.0. The molecule has 0 saturated heterocycles. The molecule has 4 unspecified atom stereocenters. The normalized spacial score (nSPS) is 24.6. The van der Waals surface area contributed by atoms with Gasteiger partial charge in [-0.05, 0) is 123 Å². The molecule has 3 saturated carbocycles. The number of ketones is 2. The van der Waals surface area contributed by atoms with Crippen LogP contribution < -0.4 is 19.9 Å². The summed E-state index contributed by atoms with van der Waals surface area (Å²) in [7, 11) is -2.37. The molecule has 1 heterocycles. The van der Waals surface area contributed by atoms with Crippen molar-refractivity contribution in [2.45, 2.75) is 131 Å². The van der Waals surface area contributed by atoms with Gasteiger partial charge >= 0.3 is 5.97 Å². The van der Waals surface area contributed by atoms with E-state index in [4.69, 9.17) is 4.74 Å². The Morgan fingerprint density at radius 1 is 0.822 bits per heavy atom. The molecule has 7 atom stereocenters. The number of quaternary nitrogens is 1. The minimum absolute atomic E-state index is 0.0282. The topological polar surface area (TPSA) is 180 Å². The number of pyridine rings is 1. The molecular weight excluding hydrogens is 941 g/mol. The molecule has 4 aliphatic carbocycles. The molecule has 4 aromatic rings. The number of allylic oxidation sites excluding steroid dienone is 1. The monoisotopic (exact) mass is 1020 g/mol. The van der Waals surface area contributed by atoms with Gasteiger partial charge in [0.15, 0.2) is 5.78 Å². The number of para-hydroxylation sites is 2. The van der Waals surface area contributed by atoms with Gasteiger partial charge < -0.3 is 24.4 Å². The van der Waals surface area contributed by atoms with Gasteiger partial charge in [0.1, 0.15) is 18.1 Å². The second-order valence-corrected chi connectivity index (χ2v) is 24.2. The van der Waals surface area contributed by atoms with Crippen molar-refractivity contribution in [3.05, 3.63) is 94.6 Å². The predicted octanol–water partition coefficient (Wildman–Crippen LogP) is 9.03. The van der Waals surface area contributed by atoms with Crippen LogP contribution in [0.1, 0.15) is 143 Å². The van der Waals surface area contributed by atoms with Gasteiger partial charge in [-0.15, -0.1) is 0 Å².